The first-order valence-electron chi connectivity index (χ1n) is 9.22. The summed E-state index contributed by atoms with van der Waals surface area (Å²) < 4.78 is 5.64. The van der Waals surface area contributed by atoms with Crippen LogP contribution in [0, 0.1) is 19.8 Å². The molecule has 0 aliphatic carbocycles. The number of carbonyl (C=O) groups is 1. The lowest BCUT2D eigenvalue weighted by molar-refractivity contribution is -0.118. The van der Waals surface area contributed by atoms with Crippen LogP contribution in [-0.4, -0.2) is 30.6 Å². The lowest BCUT2D eigenvalue weighted by Gasteiger charge is -2.31. The molecule has 1 aromatic carbocycles. The second-order valence-electron chi connectivity index (χ2n) is 7.18. The molecule has 0 spiro atoms. The van der Waals surface area contributed by atoms with Crippen LogP contribution in [0.5, 0.6) is 5.75 Å². The molecular formula is C21H27N3O2. The third kappa shape index (κ3) is 4.75. The molecule has 0 bridgehead atoms. The maximum atomic E-state index is 12.1. The Hall–Kier alpha value is -2.56. The van der Waals surface area contributed by atoms with E-state index in [1.165, 1.54) is 12.8 Å². The zero-order valence-corrected chi connectivity index (χ0v) is 15.8. The number of rotatable bonds is 5. The predicted molar refractivity (Wildman–Crippen MR) is 105 cm³/mol. The van der Waals surface area contributed by atoms with Crippen LogP contribution in [0.4, 0.5) is 11.5 Å². The van der Waals surface area contributed by atoms with Gasteiger partial charge in [-0.3, -0.25) is 4.79 Å². The molecule has 0 atom stereocenters. The molecule has 1 N–H and O–H groups in total. The lowest BCUT2D eigenvalue weighted by Crippen LogP contribution is -2.33. The highest BCUT2D eigenvalue weighted by molar-refractivity contribution is 5.91. The van der Waals surface area contributed by atoms with Crippen molar-refractivity contribution in [3.63, 3.8) is 0 Å². The minimum Gasteiger partial charge on any atom is -0.483 e. The van der Waals surface area contributed by atoms with Crippen LogP contribution in [0.25, 0.3) is 0 Å². The predicted octanol–water partition coefficient (Wildman–Crippen LogP) is 3.95. The summed E-state index contributed by atoms with van der Waals surface area (Å²) in [7, 11) is 0. The Morgan fingerprint density at radius 1 is 1.23 bits per heavy atom. The smallest absolute Gasteiger partial charge is 0.262 e. The molecule has 2 aromatic rings. The zero-order valence-electron chi connectivity index (χ0n) is 15.8. The largest absolute Gasteiger partial charge is 0.483 e. The number of carbonyl (C=O) groups excluding carboxylic acids is 1. The number of aryl methyl sites for hydroxylation is 2. The third-order valence-electron chi connectivity index (χ3n) is 4.84. The van der Waals surface area contributed by atoms with Gasteiger partial charge in [0, 0.05) is 13.1 Å². The van der Waals surface area contributed by atoms with Crippen LogP contribution in [0.3, 0.4) is 0 Å². The lowest BCUT2D eigenvalue weighted by atomic mass is 9.99. The van der Waals surface area contributed by atoms with Crippen LogP contribution >= 0.6 is 0 Å². The van der Waals surface area contributed by atoms with Crippen LogP contribution in [0.1, 0.15) is 30.9 Å². The molecule has 0 saturated carbocycles. The summed E-state index contributed by atoms with van der Waals surface area (Å²) >= 11 is 0. The number of nitrogens with zero attached hydrogens (tertiary/aromatic N) is 2. The highest BCUT2D eigenvalue weighted by Crippen LogP contribution is 2.22. The van der Waals surface area contributed by atoms with Crippen molar-refractivity contribution < 1.29 is 9.53 Å². The van der Waals surface area contributed by atoms with Gasteiger partial charge in [-0.15, -0.1) is 0 Å². The molecular weight excluding hydrogens is 326 g/mol. The van der Waals surface area contributed by atoms with E-state index in [2.05, 4.69) is 22.1 Å². The van der Waals surface area contributed by atoms with Crippen molar-refractivity contribution in [1.29, 1.82) is 0 Å². The Kier molecular flexibility index (Phi) is 5.76. The third-order valence-corrected chi connectivity index (χ3v) is 4.84. The average Bonchev–Trinajstić information content (AvgIpc) is 2.64. The number of aromatic nitrogens is 1. The average molecular weight is 353 g/mol. The number of nitrogens with one attached hydrogen (secondary N) is 1. The number of hydrogen-bond donors (Lipinski definition) is 1. The minimum atomic E-state index is -0.188. The Morgan fingerprint density at radius 2 is 2.00 bits per heavy atom. The van der Waals surface area contributed by atoms with Gasteiger partial charge in [0.05, 0.1) is 11.9 Å². The van der Waals surface area contributed by atoms with Gasteiger partial charge in [0.1, 0.15) is 11.6 Å². The molecule has 1 aliphatic heterocycles. The number of amides is 1. The zero-order chi connectivity index (χ0) is 18.5. The standard InChI is InChI=1S/C21H27N3O2/c1-15-8-10-24(11-9-15)20-7-6-18(13-22-20)23-21(25)14-26-19-12-16(2)4-5-17(19)3/h4-7,12-13,15H,8-11,14H2,1-3H3,(H,23,25). The quantitative estimate of drug-likeness (QED) is 0.884. The van der Waals surface area contributed by atoms with E-state index in [1.54, 1.807) is 6.20 Å². The highest BCUT2D eigenvalue weighted by atomic mass is 16.5. The Morgan fingerprint density at radius 3 is 2.69 bits per heavy atom. The fourth-order valence-electron chi connectivity index (χ4n) is 3.09. The van der Waals surface area contributed by atoms with Gasteiger partial charge in [0.2, 0.25) is 0 Å². The molecule has 5 nitrogen and oxygen atoms in total. The summed E-state index contributed by atoms with van der Waals surface area (Å²) in [6.45, 7) is 8.34. The molecule has 1 aromatic heterocycles. The van der Waals surface area contributed by atoms with Crippen molar-refractivity contribution in [1.82, 2.24) is 4.98 Å². The molecule has 3 rings (SSSR count). The van der Waals surface area contributed by atoms with Gasteiger partial charge in [-0.1, -0.05) is 19.1 Å². The first-order chi connectivity index (χ1) is 12.5. The normalized spacial score (nSPS) is 15.0. The molecule has 0 radical (unpaired) electrons. The van der Waals surface area contributed by atoms with Gasteiger partial charge in [-0.25, -0.2) is 4.98 Å². The number of pyridine rings is 1. The van der Waals surface area contributed by atoms with E-state index in [1.807, 2.05) is 44.2 Å². The summed E-state index contributed by atoms with van der Waals surface area (Å²) in [6.07, 6.45) is 4.12. The van der Waals surface area contributed by atoms with Crippen LogP contribution in [-0.2, 0) is 4.79 Å². The van der Waals surface area contributed by atoms with Crippen LogP contribution in [0.15, 0.2) is 36.5 Å². The van der Waals surface area contributed by atoms with Gasteiger partial charge in [0.25, 0.3) is 5.91 Å². The van der Waals surface area contributed by atoms with E-state index < -0.39 is 0 Å². The molecule has 0 unspecified atom stereocenters. The van der Waals surface area contributed by atoms with Crippen LogP contribution in [0.2, 0.25) is 0 Å². The second-order valence-corrected chi connectivity index (χ2v) is 7.18. The number of ether oxygens (including phenoxy) is 1. The number of benzene rings is 1. The molecule has 1 aliphatic rings. The van der Waals surface area contributed by atoms with Gasteiger partial charge in [0.15, 0.2) is 6.61 Å². The molecule has 138 valence electrons. The minimum absolute atomic E-state index is 0.0178. The Balaban J connectivity index is 1.52. The van der Waals surface area contributed by atoms with E-state index in [0.717, 1.165) is 41.7 Å². The molecule has 1 saturated heterocycles. The van der Waals surface area contributed by atoms with E-state index in [4.69, 9.17) is 4.74 Å². The molecule has 1 fully saturated rings. The highest BCUT2D eigenvalue weighted by Gasteiger charge is 2.16. The molecule has 2 heterocycles. The fourth-order valence-corrected chi connectivity index (χ4v) is 3.09. The van der Waals surface area contributed by atoms with Crippen molar-refractivity contribution >= 4 is 17.4 Å². The number of hydrogen-bond acceptors (Lipinski definition) is 4. The number of piperidine rings is 1. The van der Waals surface area contributed by atoms with E-state index in [0.29, 0.717) is 5.69 Å². The Labute approximate surface area is 155 Å². The molecule has 26 heavy (non-hydrogen) atoms. The molecule has 1 amide bonds. The van der Waals surface area contributed by atoms with Crippen molar-refractivity contribution in [2.75, 3.05) is 29.9 Å². The Bertz CT molecular complexity index is 750. The van der Waals surface area contributed by atoms with E-state index in [-0.39, 0.29) is 12.5 Å². The summed E-state index contributed by atoms with van der Waals surface area (Å²) in [6, 6.07) is 9.83. The second kappa shape index (κ2) is 8.21. The summed E-state index contributed by atoms with van der Waals surface area (Å²) in [5.74, 6) is 2.32. The van der Waals surface area contributed by atoms with Crippen molar-refractivity contribution in [3.05, 3.63) is 47.7 Å². The van der Waals surface area contributed by atoms with E-state index in [9.17, 15) is 4.79 Å². The molecule has 5 heteroatoms. The van der Waals surface area contributed by atoms with Crippen molar-refractivity contribution in [3.8, 4) is 5.75 Å². The van der Waals surface area contributed by atoms with Crippen LogP contribution < -0.4 is 15.0 Å². The SMILES string of the molecule is Cc1ccc(C)c(OCC(=O)Nc2ccc(N3CCC(C)CC3)nc2)c1. The maximum Gasteiger partial charge on any atom is 0.262 e. The van der Waals surface area contributed by atoms with Gasteiger partial charge >= 0.3 is 0 Å². The van der Waals surface area contributed by atoms with Crippen molar-refractivity contribution in [2.45, 2.75) is 33.6 Å². The first-order valence-corrected chi connectivity index (χ1v) is 9.22. The number of anilines is 2. The summed E-state index contributed by atoms with van der Waals surface area (Å²) in [5, 5.41) is 2.84. The summed E-state index contributed by atoms with van der Waals surface area (Å²) in [5.41, 5.74) is 2.82. The maximum absolute atomic E-state index is 12.1. The topological polar surface area (TPSA) is 54.5 Å². The fraction of sp³-hybridized carbons (Fsp3) is 0.429. The van der Waals surface area contributed by atoms with Gasteiger partial charge < -0.3 is 15.0 Å². The van der Waals surface area contributed by atoms with Crippen molar-refractivity contribution in [2.24, 2.45) is 5.92 Å². The summed E-state index contributed by atoms with van der Waals surface area (Å²) in [4.78, 5) is 18.9. The van der Waals surface area contributed by atoms with Gasteiger partial charge in [-0.05, 0) is 61.9 Å². The van der Waals surface area contributed by atoms with E-state index >= 15 is 0 Å². The van der Waals surface area contributed by atoms with Gasteiger partial charge in [-0.2, -0.15) is 0 Å². The monoisotopic (exact) mass is 353 g/mol. The first kappa shape index (κ1) is 18.2.